The van der Waals surface area contributed by atoms with Crippen LogP contribution in [0.3, 0.4) is 0 Å². The molecule has 2 heterocycles. The number of ketones is 3. The quantitative estimate of drug-likeness (QED) is 0.183. The second-order valence-electron chi connectivity index (χ2n) is 17.4. The van der Waals surface area contributed by atoms with Crippen molar-refractivity contribution >= 4 is 23.3 Å². The van der Waals surface area contributed by atoms with Crippen LogP contribution in [0.15, 0.2) is 22.8 Å². The zero-order chi connectivity index (χ0) is 36.1. The topological polar surface area (TPSA) is 123 Å². The normalized spacial score (nSPS) is 43.9. The minimum Gasteiger partial charge on any atom is -0.469 e. The number of aliphatic hydroxyl groups is 1. The van der Waals surface area contributed by atoms with Crippen molar-refractivity contribution in [1.29, 1.82) is 0 Å². The lowest BCUT2D eigenvalue weighted by atomic mass is 9.53. The molecule has 0 aromatic rings. The van der Waals surface area contributed by atoms with Gasteiger partial charge in [-0.05, 0) is 84.5 Å². The molecular formula is C41H62O8. The first-order chi connectivity index (χ1) is 23.0. The van der Waals surface area contributed by atoms with Gasteiger partial charge in [0.15, 0.2) is 0 Å². The Bertz CT molecular complexity index is 1380. The van der Waals surface area contributed by atoms with Crippen LogP contribution in [0, 0.1) is 40.9 Å². The van der Waals surface area contributed by atoms with Crippen LogP contribution in [-0.4, -0.2) is 65.0 Å². The highest BCUT2D eigenvalue weighted by Gasteiger charge is 2.62. The predicted octanol–water partition coefficient (Wildman–Crippen LogP) is 7.29. The van der Waals surface area contributed by atoms with E-state index in [9.17, 15) is 24.3 Å². The molecule has 0 amide bonds. The average Bonchev–Trinajstić information content (AvgIpc) is 3.92. The highest BCUT2D eigenvalue weighted by atomic mass is 16.6. The summed E-state index contributed by atoms with van der Waals surface area (Å²) in [6.07, 6.45) is 7.67. The Hall–Kier alpha value is -2.16. The van der Waals surface area contributed by atoms with Gasteiger partial charge in [0.1, 0.15) is 23.0 Å². The molecule has 3 aliphatic carbocycles. The van der Waals surface area contributed by atoms with Crippen molar-refractivity contribution in [2.75, 3.05) is 7.11 Å². The molecule has 8 heteroatoms. The first kappa shape index (κ1) is 38.1. The number of rotatable bonds is 2. The first-order valence-corrected chi connectivity index (χ1v) is 19.0. The molecule has 1 saturated carbocycles. The zero-order valence-electron chi connectivity index (χ0n) is 31.6. The van der Waals surface area contributed by atoms with E-state index in [-0.39, 0.29) is 72.2 Å². The molecule has 0 aromatic heterocycles. The van der Waals surface area contributed by atoms with Gasteiger partial charge in [0, 0.05) is 42.9 Å². The van der Waals surface area contributed by atoms with E-state index in [0.717, 1.165) is 61.7 Å². The van der Waals surface area contributed by atoms with Crippen molar-refractivity contribution < 1.29 is 38.5 Å². The molecular weight excluding hydrogens is 620 g/mol. The van der Waals surface area contributed by atoms with Gasteiger partial charge in [0.25, 0.3) is 0 Å². The molecule has 8 nitrogen and oxygen atoms in total. The third-order valence-electron chi connectivity index (χ3n) is 13.3. The van der Waals surface area contributed by atoms with E-state index in [1.165, 1.54) is 7.11 Å². The highest BCUT2D eigenvalue weighted by Crippen LogP contribution is 2.57. The number of carbonyl (C=O) groups is 4. The Morgan fingerprint density at radius 3 is 2.31 bits per heavy atom. The molecule has 5 aliphatic rings. The van der Waals surface area contributed by atoms with Crippen molar-refractivity contribution in [3.05, 3.63) is 22.8 Å². The van der Waals surface area contributed by atoms with Crippen LogP contribution in [0.5, 0.6) is 0 Å². The number of allylic oxidation sites excluding steroid dienone is 3. The largest absolute Gasteiger partial charge is 0.469 e. The van der Waals surface area contributed by atoms with Gasteiger partial charge in [0.05, 0.1) is 36.4 Å². The van der Waals surface area contributed by atoms with Crippen molar-refractivity contribution in [3.63, 3.8) is 0 Å². The number of aliphatic hydroxyl groups excluding tert-OH is 1. The molecule has 0 bridgehead atoms. The molecule has 49 heavy (non-hydrogen) atoms. The molecule has 1 N–H and O–H groups in total. The van der Waals surface area contributed by atoms with Crippen molar-refractivity contribution in [3.8, 4) is 0 Å². The van der Waals surface area contributed by atoms with Gasteiger partial charge in [-0.25, -0.2) is 0 Å². The lowest BCUT2D eigenvalue weighted by Gasteiger charge is -2.48. The summed E-state index contributed by atoms with van der Waals surface area (Å²) in [5.74, 6) is -2.92. The number of epoxide rings is 2. The van der Waals surface area contributed by atoms with Gasteiger partial charge in [-0.1, -0.05) is 63.3 Å². The third-order valence-corrected chi connectivity index (χ3v) is 13.3. The van der Waals surface area contributed by atoms with Gasteiger partial charge in [-0.15, -0.1) is 0 Å². The first-order valence-electron chi connectivity index (χ1n) is 19.0. The maximum atomic E-state index is 14.7. The highest BCUT2D eigenvalue weighted by molar-refractivity contribution is 5.97. The van der Waals surface area contributed by atoms with Crippen LogP contribution < -0.4 is 0 Å². The van der Waals surface area contributed by atoms with Gasteiger partial charge in [0.2, 0.25) is 0 Å². The number of carbonyl (C=O) groups excluding carboxylic acids is 4. The summed E-state index contributed by atoms with van der Waals surface area (Å²) < 4.78 is 18.0. The van der Waals surface area contributed by atoms with Crippen LogP contribution in [-0.2, 0) is 33.4 Å². The van der Waals surface area contributed by atoms with Crippen LogP contribution in [0.2, 0.25) is 0 Å². The molecule has 5 rings (SSSR count). The summed E-state index contributed by atoms with van der Waals surface area (Å²) in [5, 5.41) is 11.8. The summed E-state index contributed by atoms with van der Waals surface area (Å²) >= 11 is 0. The van der Waals surface area contributed by atoms with E-state index in [4.69, 9.17) is 14.2 Å². The van der Waals surface area contributed by atoms with E-state index < -0.39 is 40.8 Å². The van der Waals surface area contributed by atoms with E-state index in [2.05, 4.69) is 26.8 Å². The number of hydrogen-bond acceptors (Lipinski definition) is 8. The van der Waals surface area contributed by atoms with E-state index in [1.54, 1.807) is 0 Å². The average molecular weight is 683 g/mol. The zero-order valence-corrected chi connectivity index (χ0v) is 31.6. The molecule has 11 atom stereocenters. The van der Waals surface area contributed by atoms with E-state index in [0.29, 0.717) is 12.8 Å². The van der Waals surface area contributed by atoms with Crippen molar-refractivity contribution in [2.24, 2.45) is 40.9 Å². The summed E-state index contributed by atoms with van der Waals surface area (Å²) in [6.45, 7) is 16.1. The molecule has 2 aliphatic heterocycles. The Kier molecular flexibility index (Phi) is 11.2. The molecule has 0 unspecified atom stereocenters. The Morgan fingerprint density at radius 2 is 1.63 bits per heavy atom. The summed E-state index contributed by atoms with van der Waals surface area (Å²) in [7, 11) is 1.34. The number of methoxy groups -OCH3 is 1. The monoisotopic (exact) mass is 682 g/mol. The fourth-order valence-corrected chi connectivity index (χ4v) is 9.55. The van der Waals surface area contributed by atoms with E-state index >= 15 is 0 Å². The Labute approximate surface area is 294 Å². The van der Waals surface area contributed by atoms with Crippen molar-refractivity contribution in [2.45, 2.75) is 162 Å². The third kappa shape index (κ3) is 7.58. The minimum atomic E-state index is -1.52. The fraction of sp³-hybridized carbons (Fsp3) is 0.805. The standard InChI is InChI=1S/C41H62O8/c1-23(2)28-20-32(42)26(5)12-10-11-24(3)18-33(43)31-19-27(6)29-21-35(45)40(8)37(49-40)15-16-39(7)36(48-39)14-13-25(4)17-30(29)41(31,22-34(28)44)38(46)47-9/h17,23-24,26,28,30-31,35-37,45H,10-16,18-22H2,1-9H3/b25-17-/t24-,26+,28-,30-,31+,35-,36+,37+,39-,40-,41-/m0/s1. The fourth-order valence-electron chi connectivity index (χ4n) is 9.55. The molecule has 274 valence electrons. The van der Waals surface area contributed by atoms with Crippen LogP contribution in [0.1, 0.15) is 132 Å². The molecule has 0 spiro atoms. The maximum Gasteiger partial charge on any atom is 0.313 e. The second-order valence-corrected chi connectivity index (χ2v) is 17.4. The molecule has 0 aromatic carbocycles. The van der Waals surface area contributed by atoms with Gasteiger partial charge >= 0.3 is 5.97 Å². The molecule has 2 saturated heterocycles. The van der Waals surface area contributed by atoms with E-state index in [1.807, 2.05) is 34.6 Å². The van der Waals surface area contributed by atoms with Crippen molar-refractivity contribution in [1.82, 2.24) is 0 Å². The number of Topliss-reactive ketones (excluding diaryl/α,β-unsaturated/α-hetero) is 3. The van der Waals surface area contributed by atoms with Crippen LogP contribution in [0.4, 0.5) is 0 Å². The number of ether oxygens (including phenoxy) is 3. The minimum absolute atomic E-state index is 0.0166. The SMILES string of the molecule is COC(=O)[C@]12CC(=O)[C@H](C(C)C)CC(=O)[C@H](C)CCC[C@H](C)CC(=O)[C@H]1CC(C)=C1C[C@H](O)[C@]3(C)O[C@@H]3CC[C@]3(C)O[C@@H]3CC/C(C)=C\[C@@H]12. The lowest BCUT2D eigenvalue weighted by Crippen LogP contribution is -2.54. The lowest BCUT2D eigenvalue weighted by molar-refractivity contribution is -0.166. The summed E-state index contributed by atoms with van der Waals surface area (Å²) in [5.41, 5.74) is 0.440. The van der Waals surface area contributed by atoms with Crippen LogP contribution >= 0.6 is 0 Å². The number of hydrogen-bond donors (Lipinski definition) is 1. The predicted molar refractivity (Wildman–Crippen MR) is 188 cm³/mol. The number of fused-ring (bicyclic) bond motifs is 5. The Morgan fingerprint density at radius 1 is 0.918 bits per heavy atom. The smallest absolute Gasteiger partial charge is 0.313 e. The maximum absolute atomic E-state index is 14.7. The summed E-state index contributed by atoms with van der Waals surface area (Å²) in [4.78, 5) is 57.4. The van der Waals surface area contributed by atoms with Crippen LogP contribution in [0.25, 0.3) is 0 Å². The molecule has 3 fully saturated rings. The Balaban J connectivity index is 1.68. The van der Waals surface area contributed by atoms with Gasteiger partial charge < -0.3 is 19.3 Å². The molecule has 0 radical (unpaired) electrons. The number of esters is 1. The van der Waals surface area contributed by atoms with Gasteiger partial charge in [-0.3, -0.25) is 19.2 Å². The van der Waals surface area contributed by atoms with Gasteiger partial charge in [-0.2, -0.15) is 0 Å². The second kappa shape index (κ2) is 14.5. The summed E-state index contributed by atoms with van der Waals surface area (Å²) in [6, 6.07) is 0.